The van der Waals surface area contributed by atoms with Crippen LogP contribution >= 0.6 is 0 Å². The lowest BCUT2D eigenvalue weighted by Gasteiger charge is -2.34. The Morgan fingerprint density at radius 1 is 0.852 bits per heavy atom. The van der Waals surface area contributed by atoms with Crippen molar-refractivity contribution >= 4 is 23.4 Å². The van der Waals surface area contributed by atoms with Gasteiger partial charge in [0, 0.05) is 50.4 Å². The van der Waals surface area contributed by atoms with Crippen molar-refractivity contribution in [3.63, 3.8) is 0 Å². The number of anilines is 1. The minimum atomic E-state index is -0.147. The Morgan fingerprint density at radius 2 is 1.52 bits per heavy atom. The average molecular weight is 367 g/mol. The van der Waals surface area contributed by atoms with Crippen LogP contribution in [0.5, 0.6) is 0 Å². The molecular formula is C20H21N3O4. The van der Waals surface area contributed by atoms with Gasteiger partial charge in [0.1, 0.15) is 0 Å². The Morgan fingerprint density at radius 3 is 2.07 bits per heavy atom. The molecule has 0 atom stereocenters. The van der Waals surface area contributed by atoms with Crippen LogP contribution in [0.4, 0.5) is 5.69 Å². The highest BCUT2D eigenvalue weighted by atomic mass is 16.3. The molecule has 0 spiro atoms. The van der Waals surface area contributed by atoms with Crippen molar-refractivity contribution in [1.29, 1.82) is 0 Å². The van der Waals surface area contributed by atoms with E-state index in [9.17, 15) is 14.4 Å². The number of piperazine rings is 1. The van der Waals surface area contributed by atoms with Gasteiger partial charge in [0.05, 0.1) is 6.26 Å². The summed E-state index contributed by atoms with van der Waals surface area (Å²) in [6, 6.07) is 10.5. The molecule has 0 N–H and O–H groups in total. The minimum Gasteiger partial charge on any atom is -0.459 e. The number of hydrogen-bond acceptors (Lipinski definition) is 4. The first-order valence-corrected chi connectivity index (χ1v) is 9.16. The lowest BCUT2D eigenvalue weighted by Crippen LogP contribution is -2.50. The van der Waals surface area contributed by atoms with Crippen LogP contribution in [0, 0.1) is 0 Å². The minimum absolute atomic E-state index is 0.0561. The number of furan rings is 1. The van der Waals surface area contributed by atoms with Crippen LogP contribution in [0.2, 0.25) is 0 Å². The summed E-state index contributed by atoms with van der Waals surface area (Å²) in [6.07, 6.45) is 2.94. The molecule has 1 aromatic carbocycles. The highest BCUT2D eigenvalue weighted by Crippen LogP contribution is 2.22. The highest BCUT2D eigenvalue weighted by molar-refractivity contribution is 5.98. The summed E-state index contributed by atoms with van der Waals surface area (Å²) >= 11 is 0. The first-order chi connectivity index (χ1) is 13.1. The van der Waals surface area contributed by atoms with Crippen LogP contribution < -0.4 is 4.90 Å². The maximum absolute atomic E-state index is 12.7. The Balaban J connectivity index is 1.36. The quantitative estimate of drug-likeness (QED) is 0.832. The van der Waals surface area contributed by atoms with Gasteiger partial charge in [-0.05, 0) is 42.8 Å². The van der Waals surface area contributed by atoms with E-state index < -0.39 is 0 Å². The summed E-state index contributed by atoms with van der Waals surface area (Å²) < 4.78 is 5.15. The first-order valence-electron chi connectivity index (χ1n) is 9.16. The topological polar surface area (TPSA) is 74.1 Å². The zero-order valence-corrected chi connectivity index (χ0v) is 15.0. The summed E-state index contributed by atoms with van der Waals surface area (Å²) in [7, 11) is 0. The second-order valence-corrected chi connectivity index (χ2v) is 6.76. The van der Waals surface area contributed by atoms with Crippen molar-refractivity contribution in [2.45, 2.75) is 12.8 Å². The van der Waals surface area contributed by atoms with Crippen molar-refractivity contribution in [3.8, 4) is 0 Å². The molecule has 0 radical (unpaired) electrons. The molecule has 2 fully saturated rings. The van der Waals surface area contributed by atoms with E-state index in [1.807, 2.05) is 12.1 Å². The van der Waals surface area contributed by atoms with Gasteiger partial charge in [0.2, 0.25) is 5.91 Å². The zero-order chi connectivity index (χ0) is 18.8. The fourth-order valence-corrected chi connectivity index (χ4v) is 3.56. The Kier molecular flexibility index (Phi) is 4.66. The first kappa shape index (κ1) is 17.3. The predicted molar refractivity (Wildman–Crippen MR) is 98.5 cm³/mol. The number of nitrogens with zero attached hydrogens (tertiary/aromatic N) is 3. The number of carbonyl (C=O) groups is 3. The molecule has 7 nitrogen and oxygen atoms in total. The zero-order valence-electron chi connectivity index (χ0n) is 15.0. The van der Waals surface area contributed by atoms with E-state index in [2.05, 4.69) is 0 Å². The van der Waals surface area contributed by atoms with Crippen molar-refractivity contribution in [2.75, 3.05) is 37.6 Å². The second kappa shape index (κ2) is 7.26. The van der Waals surface area contributed by atoms with Crippen molar-refractivity contribution < 1.29 is 18.8 Å². The molecule has 0 aliphatic carbocycles. The van der Waals surface area contributed by atoms with E-state index in [-0.39, 0.29) is 17.7 Å². The van der Waals surface area contributed by atoms with E-state index in [1.54, 1.807) is 39.0 Å². The third kappa shape index (κ3) is 3.45. The molecule has 1 aromatic heterocycles. The molecule has 3 heterocycles. The summed E-state index contributed by atoms with van der Waals surface area (Å²) in [4.78, 5) is 42.1. The van der Waals surface area contributed by atoms with Gasteiger partial charge in [-0.15, -0.1) is 0 Å². The normalized spacial score (nSPS) is 17.5. The molecule has 2 aromatic rings. The molecule has 0 bridgehead atoms. The van der Waals surface area contributed by atoms with Gasteiger partial charge >= 0.3 is 0 Å². The molecule has 0 saturated carbocycles. The van der Waals surface area contributed by atoms with Gasteiger partial charge in [0.15, 0.2) is 5.76 Å². The molecule has 140 valence electrons. The lowest BCUT2D eigenvalue weighted by atomic mass is 10.1. The van der Waals surface area contributed by atoms with Gasteiger partial charge in [-0.1, -0.05) is 0 Å². The third-order valence-electron chi connectivity index (χ3n) is 5.09. The van der Waals surface area contributed by atoms with Gasteiger partial charge in [-0.3, -0.25) is 14.4 Å². The fraction of sp³-hybridized carbons (Fsp3) is 0.350. The molecule has 2 saturated heterocycles. The van der Waals surface area contributed by atoms with Crippen LogP contribution in [0.15, 0.2) is 47.1 Å². The van der Waals surface area contributed by atoms with Crippen molar-refractivity contribution in [1.82, 2.24) is 9.80 Å². The average Bonchev–Trinajstić information content (AvgIpc) is 3.39. The molecular weight excluding hydrogens is 346 g/mol. The standard InChI is InChI=1S/C20H21N3O4/c24-18-4-1-9-23(18)16-7-5-15(6-8-16)19(25)21-10-12-22(13-11-21)20(26)17-3-2-14-27-17/h2-3,5-8,14H,1,4,9-13H2. The number of hydrogen-bond donors (Lipinski definition) is 0. The Labute approximate surface area is 157 Å². The summed E-state index contributed by atoms with van der Waals surface area (Å²) in [5.74, 6) is 0.249. The Hall–Kier alpha value is -3.09. The highest BCUT2D eigenvalue weighted by Gasteiger charge is 2.27. The van der Waals surface area contributed by atoms with Gasteiger partial charge in [0.25, 0.3) is 11.8 Å². The number of benzene rings is 1. The summed E-state index contributed by atoms with van der Waals surface area (Å²) in [6.45, 7) is 2.66. The van der Waals surface area contributed by atoms with E-state index in [1.165, 1.54) is 6.26 Å². The van der Waals surface area contributed by atoms with Gasteiger partial charge < -0.3 is 19.1 Å². The summed E-state index contributed by atoms with van der Waals surface area (Å²) in [5, 5.41) is 0. The predicted octanol–water partition coefficient (Wildman–Crippen LogP) is 2.00. The summed E-state index contributed by atoms with van der Waals surface area (Å²) in [5.41, 5.74) is 1.43. The molecule has 0 unspecified atom stereocenters. The van der Waals surface area contributed by atoms with Crippen LogP contribution in [0.3, 0.4) is 0 Å². The lowest BCUT2D eigenvalue weighted by molar-refractivity contribution is -0.117. The third-order valence-corrected chi connectivity index (χ3v) is 5.09. The number of amides is 3. The van der Waals surface area contributed by atoms with Crippen LogP contribution in [-0.4, -0.2) is 60.2 Å². The molecule has 4 rings (SSSR count). The van der Waals surface area contributed by atoms with Gasteiger partial charge in [-0.25, -0.2) is 0 Å². The molecule has 7 heteroatoms. The maximum atomic E-state index is 12.7. The smallest absolute Gasteiger partial charge is 0.289 e. The Bertz CT molecular complexity index is 837. The van der Waals surface area contributed by atoms with E-state index >= 15 is 0 Å². The maximum Gasteiger partial charge on any atom is 0.289 e. The largest absolute Gasteiger partial charge is 0.459 e. The molecule has 2 aliphatic rings. The molecule has 27 heavy (non-hydrogen) atoms. The second-order valence-electron chi connectivity index (χ2n) is 6.76. The molecule has 2 aliphatic heterocycles. The SMILES string of the molecule is O=C(c1ccc(N2CCCC2=O)cc1)N1CCN(C(=O)c2ccco2)CC1. The monoisotopic (exact) mass is 367 g/mol. The van der Waals surface area contributed by atoms with Crippen LogP contribution in [0.1, 0.15) is 33.8 Å². The van der Waals surface area contributed by atoms with Gasteiger partial charge in [-0.2, -0.15) is 0 Å². The number of rotatable bonds is 3. The van der Waals surface area contributed by atoms with Crippen LogP contribution in [-0.2, 0) is 4.79 Å². The van der Waals surface area contributed by atoms with E-state index in [0.717, 1.165) is 18.7 Å². The number of carbonyl (C=O) groups excluding carboxylic acids is 3. The van der Waals surface area contributed by atoms with E-state index in [4.69, 9.17) is 4.42 Å². The van der Waals surface area contributed by atoms with Crippen molar-refractivity contribution in [2.24, 2.45) is 0 Å². The fourth-order valence-electron chi connectivity index (χ4n) is 3.56. The van der Waals surface area contributed by atoms with E-state index in [0.29, 0.717) is 43.9 Å². The van der Waals surface area contributed by atoms with Crippen LogP contribution in [0.25, 0.3) is 0 Å². The van der Waals surface area contributed by atoms with Crippen molar-refractivity contribution in [3.05, 3.63) is 54.0 Å². The molecule has 3 amide bonds.